The average molecular weight is 389 g/mol. The van der Waals surface area contributed by atoms with Gasteiger partial charge in [-0.05, 0) is 12.1 Å². The number of alkyl halides is 3. The Bertz CT molecular complexity index is 1180. The summed E-state index contributed by atoms with van der Waals surface area (Å²) in [7, 11) is 0. The second-order valence-corrected chi connectivity index (χ2v) is 5.83. The number of rotatable bonds is 4. The number of non-ortho nitro benzene ring substituents is 1. The molecule has 0 aliphatic rings. The molecular formula is C17H10F3N5O3. The molecule has 0 saturated carbocycles. The molecule has 142 valence electrons. The molecular weight excluding hydrogens is 379 g/mol. The SMILES string of the molecule is O=[N+]([O-])c1cccc(-c2noc(Cn3c(C(F)(F)F)nc4ccccc43)n2)c1. The molecule has 0 fully saturated rings. The molecule has 0 spiro atoms. The Morgan fingerprint density at radius 2 is 1.89 bits per heavy atom. The van der Waals surface area contributed by atoms with Crippen molar-refractivity contribution < 1.29 is 22.6 Å². The van der Waals surface area contributed by atoms with E-state index in [1.54, 1.807) is 12.1 Å². The number of para-hydroxylation sites is 2. The van der Waals surface area contributed by atoms with Gasteiger partial charge in [0.05, 0.1) is 16.0 Å². The molecule has 0 atom stereocenters. The molecule has 0 unspecified atom stereocenters. The molecule has 0 aliphatic heterocycles. The molecule has 0 aliphatic carbocycles. The van der Waals surface area contributed by atoms with Crippen molar-refractivity contribution in [1.82, 2.24) is 19.7 Å². The van der Waals surface area contributed by atoms with Crippen LogP contribution in [0.25, 0.3) is 22.4 Å². The maximum absolute atomic E-state index is 13.4. The Kier molecular flexibility index (Phi) is 4.06. The number of nitro benzene ring substituents is 1. The van der Waals surface area contributed by atoms with Crippen molar-refractivity contribution in [2.45, 2.75) is 12.7 Å². The second kappa shape index (κ2) is 6.44. The lowest BCUT2D eigenvalue weighted by Gasteiger charge is -2.08. The lowest BCUT2D eigenvalue weighted by atomic mass is 10.2. The topological polar surface area (TPSA) is 99.9 Å². The monoisotopic (exact) mass is 389 g/mol. The normalized spacial score (nSPS) is 11.8. The minimum atomic E-state index is -4.66. The van der Waals surface area contributed by atoms with Crippen LogP contribution in [0.1, 0.15) is 11.7 Å². The van der Waals surface area contributed by atoms with Crippen LogP contribution in [0, 0.1) is 10.1 Å². The molecule has 0 bridgehead atoms. The van der Waals surface area contributed by atoms with Crippen molar-refractivity contribution in [2.24, 2.45) is 0 Å². The summed E-state index contributed by atoms with van der Waals surface area (Å²) in [6.07, 6.45) is -4.66. The maximum atomic E-state index is 13.4. The number of fused-ring (bicyclic) bond motifs is 1. The molecule has 0 amide bonds. The van der Waals surface area contributed by atoms with E-state index in [1.807, 2.05) is 0 Å². The highest BCUT2D eigenvalue weighted by atomic mass is 19.4. The van der Waals surface area contributed by atoms with Gasteiger partial charge in [0.15, 0.2) is 0 Å². The summed E-state index contributed by atoms with van der Waals surface area (Å²) in [5, 5.41) is 14.6. The molecule has 8 nitrogen and oxygen atoms in total. The zero-order valence-electron chi connectivity index (χ0n) is 13.9. The van der Waals surface area contributed by atoms with Gasteiger partial charge in [-0.3, -0.25) is 10.1 Å². The summed E-state index contributed by atoms with van der Waals surface area (Å²) >= 11 is 0. The van der Waals surface area contributed by atoms with Crippen molar-refractivity contribution in [3.05, 3.63) is 70.4 Å². The first-order valence-electron chi connectivity index (χ1n) is 7.93. The second-order valence-electron chi connectivity index (χ2n) is 5.83. The van der Waals surface area contributed by atoms with E-state index in [9.17, 15) is 23.3 Å². The average Bonchev–Trinajstić information content (AvgIpc) is 3.27. The van der Waals surface area contributed by atoms with Gasteiger partial charge in [-0.25, -0.2) is 4.98 Å². The van der Waals surface area contributed by atoms with Gasteiger partial charge in [-0.1, -0.05) is 29.4 Å². The maximum Gasteiger partial charge on any atom is 0.449 e. The number of aromatic nitrogens is 4. The number of benzene rings is 2. The molecule has 2 aromatic carbocycles. The highest BCUT2D eigenvalue weighted by Gasteiger charge is 2.38. The largest absolute Gasteiger partial charge is 0.449 e. The number of nitrogens with zero attached hydrogens (tertiary/aromatic N) is 5. The number of halogens is 3. The predicted molar refractivity (Wildman–Crippen MR) is 90.2 cm³/mol. The number of hydrogen-bond donors (Lipinski definition) is 0. The summed E-state index contributed by atoms with van der Waals surface area (Å²) < 4.78 is 46.1. The molecule has 0 N–H and O–H groups in total. The fourth-order valence-electron chi connectivity index (χ4n) is 2.78. The van der Waals surface area contributed by atoms with E-state index >= 15 is 0 Å². The van der Waals surface area contributed by atoms with Gasteiger partial charge >= 0.3 is 6.18 Å². The highest BCUT2D eigenvalue weighted by molar-refractivity contribution is 5.76. The van der Waals surface area contributed by atoms with Crippen molar-refractivity contribution in [3.63, 3.8) is 0 Å². The standard InChI is InChI=1S/C17H10F3N5O3/c18-17(19,20)16-21-12-6-1-2-7-13(12)24(16)9-14-22-15(23-28-14)10-4-3-5-11(8-10)25(26)27/h1-8H,9H2. The van der Waals surface area contributed by atoms with Crippen molar-refractivity contribution >= 4 is 16.7 Å². The van der Waals surface area contributed by atoms with Gasteiger partial charge in [-0.2, -0.15) is 18.2 Å². The smallest absolute Gasteiger partial charge is 0.337 e. The van der Waals surface area contributed by atoms with E-state index in [0.717, 1.165) is 4.57 Å². The van der Waals surface area contributed by atoms with Gasteiger partial charge in [0.1, 0.15) is 6.54 Å². The fourth-order valence-corrected chi connectivity index (χ4v) is 2.78. The first-order chi connectivity index (χ1) is 13.3. The van der Waals surface area contributed by atoms with Gasteiger partial charge in [-0.15, -0.1) is 0 Å². The van der Waals surface area contributed by atoms with Crippen LogP contribution in [0.4, 0.5) is 18.9 Å². The molecule has 0 saturated heterocycles. The summed E-state index contributed by atoms with van der Waals surface area (Å²) in [6, 6.07) is 11.7. The van der Waals surface area contributed by atoms with E-state index in [1.165, 1.54) is 36.4 Å². The first kappa shape index (κ1) is 17.6. The summed E-state index contributed by atoms with van der Waals surface area (Å²) in [4.78, 5) is 18.0. The van der Waals surface area contributed by atoms with Crippen LogP contribution in [-0.4, -0.2) is 24.6 Å². The zero-order chi connectivity index (χ0) is 19.9. The third-order valence-electron chi connectivity index (χ3n) is 3.98. The van der Waals surface area contributed by atoms with Crippen LogP contribution in [0.15, 0.2) is 53.1 Å². The van der Waals surface area contributed by atoms with E-state index in [2.05, 4.69) is 15.1 Å². The Balaban J connectivity index is 1.72. The molecule has 0 radical (unpaired) electrons. The minimum Gasteiger partial charge on any atom is -0.337 e. The zero-order valence-corrected chi connectivity index (χ0v) is 13.9. The molecule has 11 heteroatoms. The summed E-state index contributed by atoms with van der Waals surface area (Å²) in [6.45, 7) is -0.350. The van der Waals surface area contributed by atoms with Crippen molar-refractivity contribution in [1.29, 1.82) is 0 Å². The van der Waals surface area contributed by atoms with Crippen LogP contribution < -0.4 is 0 Å². The highest BCUT2D eigenvalue weighted by Crippen LogP contribution is 2.32. The van der Waals surface area contributed by atoms with Gasteiger partial charge < -0.3 is 9.09 Å². The lowest BCUT2D eigenvalue weighted by Crippen LogP contribution is -2.15. The number of hydrogen-bond acceptors (Lipinski definition) is 6. The van der Waals surface area contributed by atoms with Crippen molar-refractivity contribution in [2.75, 3.05) is 0 Å². The van der Waals surface area contributed by atoms with Crippen LogP contribution in [-0.2, 0) is 12.7 Å². The van der Waals surface area contributed by atoms with E-state index in [4.69, 9.17) is 4.52 Å². The minimum absolute atomic E-state index is 0.0386. The number of imidazole rings is 1. The molecule has 4 aromatic rings. The Morgan fingerprint density at radius 1 is 1.11 bits per heavy atom. The first-order valence-corrected chi connectivity index (χ1v) is 7.93. The summed E-state index contributed by atoms with van der Waals surface area (Å²) in [5.41, 5.74) is 0.609. The van der Waals surface area contributed by atoms with Crippen LogP contribution >= 0.6 is 0 Å². The molecule has 2 aromatic heterocycles. The molecule has 4 rings (SSSR count). The third kappa shape index (κ3) is 3.17. The van der Waals surface area contributed by atoms with E-state index < -0.39 is 16.9 Å². The Hall–Kier alpha value is -3.76. The Labute approximate surface area is 154 Å². The van der Waals surface area contributed by atoms with Gasteiger partial charge in [0, 0.05) is 17.7 Å². The Morgan fingerprint density at radius 3 is 2.64 bits per heavy atom. The van der Waals surface area contributed by atoms with Crippen molar-refractivity contribution in [3.8, 4) is 11.4 Å². The predicted octanol–water partition coefficient (Wildman–Crippen LogP) is 4.06. The van der Waals surface area contributed by atoms with E-state index in [0.29, 0.717) is 5.56 Å². The van der Waals surface area contributed by atoms with Crippen LogP contribution in [0.5, 0.6) is 0 Å². The lowest BCUT2D eigenvalue weighted by molar-refractivity contribution is -0.384. The number of nitro groups is 1. The van der Waals surface area contributed by atoms with Gasteiger partial charge in [0.25, 0.3) is 5.69 Å². The fraction of sp³-hybridized carbons (Fsp3) is 0.118. The summed E-state index contributed by atoms with van der Waals surface area (Å²) in [5.74, 6) is -1.13. The third-order valence-corrected chi connectivity index (χ3v) is 3.98. The van der Waals surface area contributed by atoms with Gasteiger partial charge in [0.2, 0.25) is 17.5 Å². The van der Waals surface area contributed by atoms with Crippen LogP contribution in [0.2, 0.25) is 0 Å². The molecule has 2 heterocycles. The van der Waals surface area contributed by atoms with E-state index in [-0.39, 0.29) is 35.0 Å². The van der Waals surface area contributed by atoms with Crippen LogP contribution in [0.3, 0.4) is 0 Å². The quantitative estimate of drug-likeness (QED) is 0.385. The molecule has 28 heavy (non-hydrogen) atoms.